The molecule has 0 N–H and O–H groups in total. The molecule has 2 fully saturated rings. The average Bonchev–Trinajstić information content (AvgIpc) is 3.10. The van der Waals surface area contributed by atoms with Crippen LogP contribution >= 0.6 is 0 Å². The van der Waals surface area contributed by atoms with Crippen LogP contribution in [-0.4, -0.2) is 88.4 Å². The van der Waals surface area contributed by atoms with E-state index >= 15 is 0 Å². The van der Waals surface area contributed by atoms with E-state index in [2.05, 4.69) is 19.8 Å². The van der Waals surface area contributed by atoms with Crippen molar-refractivity contribution in [3.8, 4) is 11.5 Å². The van der Waals surface area contributed by atoms with Crippen molar-refractivity contribution in [2.24, 2.45) is 0 Å². The Balaban J connectivity index is 1.27. The minimum absolute atomic E-state index is 0.229. The second-order valence-corrected chi connectivity index (χ2v) is 9.82. The van der Waals surface area contributed by atoms with Crippen LogP contribution in [0.25, 0.3) is 0 Å². The van der Waals surface area contributed by atoms with Crippen LogP contribution in [0, 0.1) is 0 Å². The minimum atomic E-state index is -3.62. The third-order valence-corrected chi connectivity index (χ3v) is 7.79. The number of hydrogen-bond donors (Lipinski definition) is 0. The molecule has 10 nitrogen and oxygen atoms in total. The van der Waals surface area contributed by atoms with E-state index in [0.29, 0.717) is 64.1 Å². The van der Waals surface area contributed by atoms with Crippen molar-refractivity contribution < 1.29 is 22.6 Å². The van der Waals surface area contributed by atoms with Gasteiger partial charge in [-0.05, 0) is 12.1 Å². The molecule has 3 aliphatic rings. The number of morpholine rings is 1. The summed E-state index contributed by atoms with van der Waals surface area (Å²) in [5, 5.41) is 0. The SMILES string of the molecule is O=S(=O)(c1ccc2c(c1)OCCCO2)N1CCN(c2cc(N3CCOCC3)ncn2)CC1. The molecule has 0 atom stereocenters. The zero-order valence-electron chi connectivity index (χ0n) is 17.9. The summed E-state index contributed by atoms with van der Waals surface area (Å²) in [5.74, 6) is 2.76. The third kappa shape index (κ3) is 4.32. The standard InChI is InChI=1S/C21H27N5O5S/c27-32(28,17-2-3-18-19(14-17)31-11-1-10-30-18)26-6-4-24(5-7-26)20-15-21(23-16-22-20)25-8-12-29-13-9-25/h2-3,14-16H,1,4-13H2. The van der Waals surface area contributed by atoms with Gasteiger partial charge >= 0.3 is 0 Å². The zero-order valence-corrected chi connectivity index (χ0v) is 18.7. The summed E-state index contributed by atoms with van der Waals surface area (Å²) < 4.78 is 44.7. The Labute approximate surface area is 187 Å². The molecule has 1 aromatic heterocycles. The van der Waals surface area contributed by atoms with E-state index < -0.39 is 10.0 Å². The molecule has 0 bridgehead atoms. The van der Waals surface area contributed by atoms with Crippen LogP contribution < -0.4 is 19.3 Å². The number of piperazine rings is 1. The molecule has 0 spiro atoms. The Morgan fingerprint density at radius 3 is 2.12 bits per heavy atom. The van der Waals surface area contributed by atoms with Gasteiger partial charge in [0.15, 0.2) is 11.5 Å². The van der Waals surface area contributed by atoms with Gasteiger partial charge in [-0.15, -0.1) is 0 Å². The molecule has 3 aliphatic heterocycles. The molecule has 0 saturated carbocycles. The number of hydrogen-bond acceptors (Lipinski definition) is 9. The van der Waals surface area contributed by atoms with Gasteiger partial charge in [0.25, 0.3) is 0 Å². The summed E-state index contributed by atoms with van der Waals surface area (Å²) in [7, 11) is -3.62. The van der Waals surface area contributed by atoms with Crippen LogP contribution in [-0.2, 0) is 14.8 Å². The summed E-state index contributed by atoms with van der Waals surface area (Å²) in [4.78, 5) is 13.3. The maximum Gasteiger partial charge on any atom is 0.243 e. The van der Waals surface area contributed by atoms with Gasteiger partial charge in [0.1, 0.15) is 18.0 Å². The fraction of sp³-hybridized carbons (Fsp3) is 0.524. The largest absolute Gasteiger partial charge is 0.490 e. The van der Waals surface area contributed by atoms with Crippen LogP contribution in [0.3, 0.4) is 0 Å². The van der Waals surface area contributed by atoms with E-state index in [-0.39, 0.29) is 4.90 Å². The molecule has 0 amide bonds. The number of rotatable bonds is 4. The molecule has 0 unspecified atom stereocenters. The number of anilines is 2. The minimum Gasteiger partial charge on any atom is -0.490 e. The molecule has 172 valence electrons. The molecule has 32 heavy (non-hydrogen) atoms. The number of ether oxygens (including phenoxy) is 3. The highest BCUT2D eigenvalue weighted by Crippen LogP contribution is 2.33. The van der Waals surface area contributed by atoms with Crippen LogP contribution in [0.4, 0.5) is 11.6 Å². The van der Waals surface area contributed by atoms with Crippen LogP contribution in [0.2, 0.25) is 0 Å². The van der Waals surface area contributed by atoms with Gasteiger partial charge in [0.2, 0.25) is 10.0 Å². The molecule has 1 aromatic carbocycles. The number of aromatic nitrogens is 2. The Kier molecular flexibility index (Phi) is 6.03. The molecule has 2 aromatic rings. The van der Waals surface area contributed by atoms with Gasteiger partial charge in [-0.1, -0.05) is 0 Å². The quantitative estimate of drug-likeness (QED) is 0.660. The van der Waals surface area contributed by atoms with Crippen molar-refractivity contribution in [2.75, 3.05) is 75.5 Å². The summed E-state index contributed by atoms with van der Waals surface area (Å²) in [6, 6.07) is 6.81. The molecular formula is C21H27N5O5S. The van der Waals surface area contributed by atoms with Crippen LogP contribution in [0.5, 0.6) is 11.5 Å². The third-order valence-electron chi connectivity index (χ3n) is 5.89. The second kappa shape index (κ2) is 9.08. The lowest BCUT2D eigenvalue weighted by Crippen LogP contribution is -2.49. The topological polar surface area (TPSA) is 97.3 Å². The second-order valence-electron chi connectivity index (χ2n) is 7.88. The van der Waals surface area contributed by atoms with Gasteiger partial charge in [0.05, 0.1) is 31.3 Å². The highest BCUT2D eigenvalue weighted by atomic mass is 32.2. The van der Waals surface area contributed by atoms with Crippen LogP contribution in [0.1, 0.15) is 6.42 Å². The van der Waals surface area contributed by atoms with Crippen molar-refractivity contribution in [1.29, 1.82) is 0 Å². The summed E-state index contributed by atoms with van der Waals surface area (Å²) >= 11 is 0. The molecular weight excluding hydrogens is 434 g/mol. The first kappa shape index (κ1) is 21.2. The first-order chi connectivity index (χ1) is 15.6. The smallest absolute Gasteiger partial charge is 0.243 e. The van der Waals surface area contributed by atoms with E-state index in [4.69, 9.17) is 14.2 Å². The molecule has 0 radical (unpaired) electrons. The van der Waals surface area contributed by atoms with Crippen LogP contribution in [0.15, 0.2) is 35.5 Å². The Bertz CT molecular complexity index is 1050. The van der Waals surface area contributed by atoms with E-state index in [0.717, 1.165) is 31.1 Å². The Hall–Kier alpha value is -2.63. The fourth-order valence-corrected chi connectivity index (χ4v) is 5.52. The molecule has 5 rings (SSSR count). The highest BCUT2D eigenvalue weighted by molar-refractivity contribution is 7.89. The molecule has 2 saturated heterocycles. The van der Waals surface area contributed by atoms with Gasteiger partial charge in [-0.3, -0.25) is 0 Å². The van der Waals surface area contributed by atoms with E-state index in [1.807, 2.05) is 6.07 Å². The fourth-order valence-electron chi connectivity index (χ4n) is 4.09. The van der Waals surface area contributed by atoms with Gasteiger partial charge < -0.3 is 24.0 Å². The van der Waals surface area contributed by atoms with Crippen molar-refractivity contribution in [1.82, 2.24) is 14.3 Å². The number of benzene rings is 1. The highest BCUT2D eigenvalue weighted by Gasteiger charge is 2.30. The number of sulfonamides is 1. The van der Waals surface area contributed by atoms with E-state index in [1.54, 1.807) is 24.5 Å². The number of fused-ring (bicyclic) bond motifs is 1. The van der Waals surface area contributed by atoms with Crippen molar-refractivity contribution in [3.05, 3.63) is 30.6 Å². The molecule has 0 aliphatic carbocycles. The van der Waals surface area contributed by atoms with Gasteiger partial charge in [-0.25, -0.2) is 18.4 Å². The summed E-state index contributed by atoms with van der Waals surface area (Å²) in [6.07, 6.45) is 2.34. The molecule has 4 heterocycles. The normalized spacial score (nSPS) is 20.1. The Morgan fingerprint density at radius 1 is 0.750 bits per heavy atom. The van der Waals surface area contributed by atoms with Gasteiger partial charge in [0, 0.05) is 57.8 Å². The van der Waals surface area contributed by atoms with Crippen molar-refractivity contribution in [3.63, 3.8) is 0 Å². The van der Waals surface area contributed by atoms with E-state index in [9.17, 15) is 8.42 Å². The van der Waals surface area contributed by atoms with Crippen molar-refractivity contribution >= 4 is 21.7 Å². The predicted octanol–water partition coefficient (Wildman–Crippen LogP) is 0.985. The maximum atomic E-state index is 13.2. The number of nitrogens with zero attached hydrogens (tertiary/aromatic N) is 5. The lowest BCUT2D eigenvalue weighted by atomic mass is 10.3. The predicted molar refractivity (Wildman–Crippen MR) is 118 cm³/mol. The average molecular weight is 462 g/mol. The summed E-state index contributed by atoms with van der Waals surface area (Å²) in [6.45, 7) is 5.95. The monoisotopic (exact) mass is 461 g/mol. The van der Waals surface area contributed by atoms with E-state index in [1.165, 1.54) is 4.31 Å². The summed E-state index contributed by atoms with van der Waals surface area (Å²) in [5.41, 5.74) is 0. The maximum absolute atomic E-state index is 13.2. The first-order valence-electron chi connectivity index (χ1n) is 10.9. The Morgan fingerprint density at radius 2 is 1.41 bits per heavy atom. The lowest BCUT2D eigenvalue weighted by Gasteiger charge is -2.35. The first-order valence-corrected chi connectivity index (χ1v) is 12.3. The lowest BCUT2D eigenvalue weighted by molar-refractivity contribution is 0.122. The zero-order chi connectivity index (χ0) is 22.0. The van der Waals surface area contributed by atoms with Crippen molar-refractivity contribution in [2.45, 2.75) is 11.3 Å². The van der Waals surface area contributed by atoms with Gasteiger partial charge in [-0.2, -0.15) is 4.31 Å². The molecule has 11 heteroatoms.